The average Bonchev–Trinajstić information content (AvgIpc) is 3.34. The van der Waals surface area contributed by atoms with E-state index in [2.05, 4.69) is 20.5 Å². The molecule has 0 atom stereocenters. The van der Waals surface area contributed by atoms with E-state index in [0.29, 0.717) is 24.8 Å². The largest absolute Gasteiger partial charge is 0.337 e. The predicted octanol–water partition coefficient (Wildman–Crippen LogP) is 1.34. The summed E-state index contributed by atoms with van der Waals surface area (Å²) < 4.78 is 1.87. The molecule has 1 fully saturated rings. The zero-order chi connectivity index (χ0) is 16.4. The van der Waals surface area contributed by atoms with Crippen LogP contribution in [0.2, 0.25) is 0 Å². The van der Waals surface area contributed by atoms with Crippen LogP contribution in [0.3, 0.4) is 0 Å². The minimum atomic E-state index is -0.0748. The summed E-state index contributed by atoms with van der Waals surface area (Å²) in [5, 5.41) is 16.4. The van der Waals surface area contributed by atoms with Crippen LogP contribution >= 0.6 is 0 Å². The van der Waals surface area contributed by atoms with Gasteiger partial charge in [-0.2, -0.15) is 9.90 Å². The van der Waals surface area contributed by atoms with Gasteiger partial charge in [-0.15, -0.1) is 10.2 Å². The lowest BCUT2D eigenvalue weighted by Gasteiger charge is -2.31. The van der Waals surface area contributed by atoms with Crippen molar-refractivity contribution in [3.8, 4) is 5.69 Å². The standard InChI is InChI=1S/C16H17N7O/c24-16(15-12-18-23(19-15)14-4-2-1-3-5-14)21-9-6-13(7-10-21)22-11-8-17-20-22/h1-5,8,11-13H,6-7,9-10H2. The van der Waals surface area contributed by atoms with Crippen LogP contribution in [0.4, 0.5) is 0 Å². The van der Waals surface area contributed by atoms with E-state index in [-0.39, 0.29) is 5.91 Å². The van der Waals surface area contributed by atoms with Crippen LogP contribution in [0.5, 0.6) is 0 Å². The Kier molecular flexibility index (Phi) is 3.78. The molecule has 1 aliphatic heterocycles. The third kappa shape index (κ3) is 2.78. The zero-order valence-electron chi connectivity index (χ0n) is 13.1. The first-order valence-corrected chi connectivity index (χ1v) is 7.94. The van der Waals surface area contributed by atoms with Crippen LogP contribution in [0.15, 0.2) is 48.9 Å². The van der Waals surface area contributed by atoms with E-state index in [1.165, 1.54) is 11.0 Å². The van der Waals surface area contributed by atoms with Crippen molar-refractivity contribution in [2.45, 2.75) is 18.9 Å². The minimum Gasteiger partial charge on any atom is -0.337 e. The van der Waals surface area contributed by atoms with Gasteiger partial charge in [0.25, 0.3) is 5.91 Å². The van der Waals surface area contributed by atoms with Crippen LogP contribution in [0.1, 0.15) is 29.4 Å². The molecule has 0 saturated carbocycles. The summed E-state index contributed by atoms with van der Waals surface area (Å²) in [6.07, 6.45) is 6.80. The number of rotatable bonds is 3. The Hall–Kier alpha value is -3.03. The Labute approximate surface area is 138 Å². The number of benzene rings is 1. The van der Waals surface area contributed by atoms with Crippen LogP contribution in [-0.4, -0.2) is 53.9 Å². The molecule has 0 aliphatic carbocycles. The van der Waals surface area contributed by atoms with Crippen LogP contribution < -0.4 is 0 Å². The fourth-order valence-corrected chi connectivity index (χ4v) is 2.95. The molecule has 1 aromatic carbocycles. The van der Waals surface area contributed by atoms with Crippen molar-refractivity contribution in [2.24, 2.45) is 0 Å². The summed E-state index contributed by atoms with van der Waals surface area (Å²) >= 11 is 0. The smallest absolute Gasteiger partial charge is 0.276 e. The van der Waals surface area contributed by atoms with Gasteiger partial charge in [0.05, 0.1) is 24.1 Å². The van der Waals surface area contributed by atoms with Crippen molar-refractivity contribution in [3.05, 3.63) is 54.6 Å². The van der Waals surface area contributed by atoms with Crippen LogP contribution in [-0.2, 0) is 0 Å². The molecule has 8 heteroatoms. The van der Waals surface area contributed by atoms with Crippen molar-refractivity contribution in [2.75, 3.05) is 13.1 Å². The van der Waals surface area contributed by atoms with Gasteiger partial charge in [0.15, 0.2) is 5.69 Å². The fourth-order valence-electron chi connectivity index (χ4n) is 2.95. The molecule has 1 aliphatic rings. The third-order valence-electron chi connectivity index (χ3n) is 4.26. The second-order valence-electron chi connectivity index (χ2n) is 5.76. The maximum absolute atomic E-state index is 12.6. The summed E-state index contributed by atoms with van der Waals surface area (Å²) in [5.74, 6) is -0.0748. The molecule has 122 valence electrons. The number of carbonyl (C=O) groups excluding carboxylic acids is 1. The lowest BCUT2D eigenvalue weighted by atomic mass is 10.1. The molecule has 0 bridgehead atoms. The molecule has 0 radical (unpaired) electrons. The first-order chi connectivity index (χ1) is 11.8. The Morgan fingerprint density at radius 2 is 1.92 bits per heavy atom. The van der Waals surface area contributed by atoms with Crippen LogP contribution in [0, 0.1) is 0 Å². The number of hydrogen-bond donors (Lipinski definition) is 0. The number of likely N-dealkylation sites (tertiary alicyclic amines) is 1. The molecule has 1 saturated heterocycles. The fraction of sp³-hybridized carbons (Fsp3) is 0.312. The van der Waals surface area contributed by atoms with Crippen molar-refractivity contribution < 1.29 is 4.79 Å². The summed E-state index contributed by atoms with van der Waals surface area (Å²) in [5.41, 5.74) is 1.21. The number of nitrogens with zero attached hydrogens (tertiary/aromatic N) is 7. The van der Waals surface area contributed by atoms with Gasteiger partial charge in [0.2, 0.25) is 0 Å². The van der Waals surface area contributed by atoms with E-state index in [4.69, 9.17) is 0 Å². The highest BCUT2D eigenvalue weighted by molar-refractivity contribution is 5.92. The highest BCUT2D eigenvalue weighted by atomic mass is 16.2. The SMILES string of the molecule is O=C(c1cnn(-c2ccccc2)n1)N1CCC(n2ccnn2)CC1. The molecule has 4 rings (SSSR count). The molecular formula is C16H17N7O. The molecule has 0 spiro atoms. The quantitative estimate of drug-likeness (QED) is 0.726. The maximum Gasteiger partial charge on any atom is 0.276 e. The summed E-state index contributed by atoms with van der Waals surface area (Å²) in [6, 6.07) is 9.86. The monoisotopic (exact) mass is 323 g/mol. The molecule has 0 N–H and O–H groups in total. The van der Waals surface area contributed by atoms with Gasteiger partial charge in [-0.3, -0.25) is 4.79 Å². The van der Waals surface area contributed by atoms with E-state index < -0.39 is 0 Å². The lowest BCUT2D eigenvalue weighted by molar-refractivity contribution is 0.0683. The molecule has 3 aromatic rings. The lowest BCUT2D eigenvalue weighted by Crippen LogP contribution is -2.39. The summed E-state index contributed by atoms with van der Waals surface area (Å²) in [4.78, 5) is 15.9. The van der Waals surface area contributed by atoms with E-state index in [1.54, 1.807) is 6.20 Å². The van der Waals surface area contributed by atoms with Crippen molar-refractivity contribution >= 4 is 5.91 Å². The summed E-state index contributed by atoms with van der Waals surface area (Å²) in [6.45, 7) is 1.36. The molecular weight excluding hydrogens is 306 g/mol. The molecule has 2 aromatic heterocycles. The van der Waals surface area contributed by atoms with Crippen molar-refractivity contribution in [3.63, 3.8) is 0 Å². The van der Waals surface area contributed by atoms with E-state index in [9.17, 15) is 4.79 Å². The van der Waals surface area contributed by atoms with Gasteiger partial charge in [0.1, 0.15) is 0 Å². The number of piperidine rings is 1. The molecule has 0 unspecified atom stereocenters. The van der Waals surface area contributed by atoms with E-state index in [1.807, 2.05) is 46.1 Å². The van der Waals surface area contributed by atoms with Gasteiger partial charge in [-0.05, 0) is 25.0 Å². The Morgan fingerprint density at radius 3 is 2.62 bits per heavy atom. The molecule has 3 heterocycles. The van der Waals surface area contributed by atoms with Crippen molar-refractivity contribution in [1.82, 2.24) is 34.9 Å². The summed E-state index contributed by atoms with van der Waals surface area (Å²) in [7, 11) is 0. The number of carbonyl (C=O) groups is 1. The second kappa shape index (κ2) is 6.23. The first-order valence-electron chi connectivity index (χ1n) is 7.94. The van der Waals surface area contributed by atoms with Gasteiger partial charge in [-0.25, -0.2) is 4.68 Å². The van der Waals surface area contributed by atoms with Gasteiger partial charge in [-0.1, -0.05) is 23.4 Å². The van der Waals surface area contributed by atoms with E-state index >= 15 is 0 Å². The molecule has 24 heavy (non-hydrogen) atoms. The van der Waals surface area contributed by atoms with Gasteiger partial charge < -0.3 is 4.90 Å². The number of amides is 1. The average molecular weight is 323 g/mol. The van der Waals surface area contributed by atoms with Crippen molar-refractivity contribution in [1.29, 1.82) is 0 Å². The molecule has 1 amide bonds. The Morgan fingerprint density at radius 1 is 1.12 bits per heavy atom. The minimum absolute atomic E-state index is 0.0748. The highest BCUT2D eigenvalue weighted by Crippen LogP contribution is 2.22. The first kappa shape index (κ1) is 14.6. The normalized spacial score (nSPS) is 15.6. The van der Waals surface area contributed by atoms with Gasteiger partial charge in [0, 0.05) is 19.3 Å². The Bertz CT molecular complexity index is 804. The number of aromatic nitrogens is 6. The maximum atomic E-state index is 12.6. The number of hydrogen-bond acceptors (Lipinski definition) is 5. The van der Waals surface area contributed by atoms with E-state index in [0.717, 1.165) is 18.5 Å². The second-order valence-corrected chi connectivity index (χ2v) is 5.76. The van der Waals surface area contributed by atoms with Gasteiger partial charge >= 0.3 is 0 Å². The third-order valence-corrected chi connectivity index (χ3v) is 4.26. The Balaban J connectivity index is 1.43. The highest BCUT2D eigenvalue weighted by Gasteiger charge is 2.26. The number of para-hydroxylation sites is 1. The molecule has 8 nitrogen and oxygen atoms in total. The topological polar surface area (TPSA) is 81.7 Å². The zero-order valence-corrected chi connectivity index (χ0v) is 13.1. The van der Waals surface area contributed by atoms with Crippen LogP contribution in [0.25, 0.3) is 5.69 Å². The predicted molar refractivity (Wildman–Crippen MR) is 85.6 cm³/mol.